The van der Waals surface area contributed by atoms with E-state index in [9.17, 15) is 4.39 Å². The molecule has 3 heteroatoms. The van der Waals surface area contributed by atoms with Gasteiger partial charge < -0.3 is 5.32 Å². The van der Waals surface area contributed by atoms with E-state index in [0.717, 1.165) is 10.0 Å². The fourth-order valence-corrected chi connectivity index (χ4v) is 3.23. The molecule has 1 saturated carbocycles. The Hall–Kier alpha value is -0.410. The largest absolute Gasteiger partial charge is 0.307 e. The van der Waals surface area contributed by atoms with Gasteiger partial charge in [-0.2, -0.15) is 0 Å². The summed E-state index contributed by atoms with van der Waals surface area (Å²) in [5.74, 6) is -0.126. The third kappa shape index (κ3) is 4.03. The highest BCUT2D eigenvalue weighted by atomic mass is 79.9. The molecule has 0 bridgehead atoms. The molecule has 1 fully saturated rings. The number of hydrogen-bond donors (Lipinski definition) is 1. The Labute approximate surface area is 124 Å². The molecule has 0 saturated heterocycles. The molecule has 0 radical (unpaired) electrons. The molecule has 0 heterocycles. The highest BCUT2D eigenvalue weighted by Crippen LogP contribution is 2.36. The van der Waals surface area contributed by atoms with E-state index in [0.29, 0.717) is 11.5 Å². The van der Waals surface area contributed by atoms with Gasteiger partial charge in [-0.1, -0.05) is 29.8 Å². The average Bonchev–Trinajstić information content (AvgIpc) is 2.35. The van der Waals surface area contributed by atoms with E-state index in [1.54, 1.807) is 6.07 Å². The summed E-state index contributed by atoms with van der Waals surface area (Å²) < 4.78 is 14.8. The molecule has 1 aromatic carbocycles. The van der Waals surface area contributed by atoms with Crippen LogP contribution >= 0.6 is 15.9 Å². The third-order valence-electron chi connectivity index (χ3n) is 4.25. The Kier molecular flexibility index (Phi) is 4.67. The predicted molar refractivity (Wildman–Crippen MR) is 81.7 cm³/mol. The van der Waals surface area contributed by atoms with Crippen LogP contribution in [0.15, 0.2) is 22.7 Å². The van der Waals surface area contributed by atoms with Crippen molar-refractivity contribution in [2.45, 2.75) is 58.5 Å². The summed E-state index contributed by atoms with van der Waals surface area (Å²) in [6.07, 6.45) is 4.87. The molecule has 2 rings (SSSR count). The smallest absolute Gasteiger partial charge is 0.128 e. The Morgan fingerprint density at radius 3 is 2.58 bits per heavy atom. The topological polar surface area (TPSA) is 12.0 Å². The molecule has 1 N–H and O–H groups in total. The standard InChI is InChI=1S/C16H23BrFN/c1-11(14-10-12(17)4-5-15(14)18)19-13-6-8-16(2,3)9-7-13/h4-5,10-11,13,19H,6-9H2,1-3H3. The van der Waals surface area contributed by atoms with Gasteiger partial charge in [0.15, 0.2) is 0 Å². The maximum atomic E-state index is 13.8. The van der Waals surface area contributed by atoms with Gasteiger partial charge in [0.05, 0.1) is 0 Å². The van der Waals surface area contributed by atoms with Crippen LogP contribution in [0.1, 0.15) is 58.1 Å². The van der Waals surface area contributed by atoms with Crippen LogP contribution in [-0.4, -0.2) is 6.04 Å². The minimum absolute atomic E-state index is 0.0590. The summed E-state index contributed by atoms with van der Waals surface area (Å²) in [6, 6.07) is 5.72. The second kappa shape index (κ2) is 5.92. The number of benzene rings is 1. The van der Waals surface area contributed by atoms with Gasteiger partial charge >= 0.3 is 0 Å². The van der Waals surface area contributed by atoms with Gasteiger partial charge in [-0.15, -0.1) is 0 Å². The maximum Gasteiger partial charge on any atom is 0.128 e. The van der Waals surface area contributed by atoms with Crippen LogP contribution in [0.25, 0.3) is 0 Å². The zero-order chi connectivity index (χ0) is 14.0. The predicted octanol–water partition coefficient (Wildman–Crippen LogP) is 5.21. The third-order valence-corrected chi connectivity index (χ3v) is 4.74. The zero-order valence-electron chi connectivity index (χ0n) is 12.0. The molecule has 0 aliphatic heterocycles. The van der Waals surface area contributed by atoms with E-state index >= 15 is 0 Å². The minimum atomic E-state index is -0.126. The highest BCUT2D eigenvalue weighted by Gasteiger charge is 2.27. The number of halogens is 2. The first-order valence-corrected chi connectivity index (χ1v) is 7.88. The maximum absolute atomic E-state index is 13.8. The molecule has 0 aromatic heterocycles. The molecule has 19 heavy (non-hydrogen) atoms. The summed E-state index contributed by atoms with van der Waals surface area (Å²) in [5, 5.41) is 3.58. The Bertz CT molecular complexity index is 434. The molecular weight excluding hydrogens is 305 g/mol. The van der Waals surface area contributed by atoms with Crippen molar-refractivity contribution in [1.29, 1.82) is 0 Å². The van der Waals surface area contributed by atoms with Crippen LogP contribution in [0.5, 0.6) is 0 Å². The van der Waals surface area contributed by atoms with E-state index in [4.69, 9.17) is 0 Å². The highest BCUT2D eigenvalue weighted by molar-refractivity contribution is 9.10. The minimum Gasteiger partial charge on any atom is -0.307 e. The molecule has 0 amide bonds. The molecule has 1 aliphatic rings. The van der Waals surface area contributed by atoms with E-state index < -0.39 is 0 Å². The van der Waals surface area contributed by atoms with E-state index in [2.05, 4.69) is 35.1 Å². The lowest BCUT2D eigenvalue weighted by Gasteiger charge is -2.36. The summed E-state index contributed by atoms with van der Waals surface area (Å²) in [7, 11) is 0. The van der Waals surface area contributed by atoms with Gasteiger partial charge in [-0.25, -0.2) is 4.39 Å². The summed E-state index contributed by atoms with van der Waals surface area (Å²) in [5.41, 5.74) is 1.22. The molecule has 106 valence electrons. The zero-order valence-corrected chi connectivity index (χ0v) is 13.6. The summed E-state index contributed by atoms with van der Waals surface area (Å²) in [6.45, 7) is 6.71. The van der Waals surface area contributed by atoms with Crippen molar-refractivity contribution in [3.63, 3.8) is 0 Å². The fourth-order valence-electron chi connectivity index (χ4n) is 2.86. The van der Waals surface area contributed by atoms with Gasteiger partial charge in [0.2, 0.25) is 0 Å². The lowest BCUT2D eigenvalue weighted by atomic mass is 9.75. The lowest BCUT2D eigenvalue weighted by molar-refractivity contribution is 0.199. The van der Waals surface area contributed by atoms with Crippen LogP contribution in [0.3, 0.4) is 0 Å². The first-order valence-electron chi connectivity index (χ1n) is 7.08. The molecule has 1 aromatic rings. The Morgan fingerprint density at radius 1 is 1.32 bits per heavy atom. The normalized spacial score (nSPS) is 21.3. The van der Waals surface area contributed by atoms with E-state index in [1.165, 1.54) is 31.7 Å². The Morgan fingerprint density at radius 2 is 1.95 bits per heavy atom. The average molecular weight is 328 g/mol. The molecule has 1 nitrogen and oxygen atoms in total. The van der Waals surface area contributed by atoms with Crippen molar-refractivity contribution >= 4 is 15.9 Å². The second-order valence-electron chi connectivity index (χ2n) is 6.49. The van der Waals surface area contributed by atoms with E-state index in [1.807, 2.05) is 13.0 Å². The van der Waals surface area contributed by atoms with Crippen LogP contribution in [-0.2, 0) is 0 Å². The van der Waals surface area contributed by atoms with Crippen LogP contribution in [0.2, 0.25) is 0 Å². The van der Waals surface area contributed by atoms with Crippen molar-refractivity contribution in [3.05, 3.63) is 34.1 Å². The van der Waals surface area contributed by atoms with Crippen molar-refractivity contribution < 1.29 is 4.39 Å². The Balaban J connectivity index is 1.98. The van der Waals surface area contributed by atoms with E-state index in [-0.39, 0.29) is 11.9 Å². The number of rotatable bonds is 3. The van der Waals surface area contributed by atoms with Gasteiger partial charge in [0, 0.05) is 22.1 Å². The van der Waals surface area contributed by atoms with Crippen molar-refractivity contribution in [2.24, 2.45) is 5.41 Å². The van der Waals surface area contributed by atoms with Gasteiger partial charge in [-0.05, 0) is 56.2 Å². The van der Waals surface area contributed by atoms with Crippen LogP contribution < -0.4 is 5.32 Å². The molecule has 1 aliphatic carbocycles. The van der Waals surface area contributed by atoms with Crippen LogP contribution in [0, 0.1) is 11.2 Å². The lowest BCUT2D eigenvalue weighted by Crippen LogP contribution is -2.37. The quantitative estimate of drug-likeness (QED) is 0.803. The van der Waals surface area contributed by atoms with Crippen LogP contribution in [0.4, 0.5) is 4.39 Å². The van der Waals surface area contributed by atoms with Gasteiger partial charge in [-0.3, -0.25) is 0 Å². The second-order valence-corrected chi connectivity index (χ2v) is 7.41. The van der Waals surface area contributed by atoms with Gasteiger partial charge in [0.1, 0.15) is 5.82 Å². The van der Waals surface area contributed by atoms with Crippen molar-refractivity contribution in [2.75, 3.05) is 0 Å². The first kappa shape index (κ1) is 15.0. The molecular formula is C16H23BrFN. The summed E-state index contributed by atoms with van der Waals surface area (Å²) >= 11 is 3.41. The SMILES string of the molecule is CC(NC1CCC(C)(C)CC1)c1cc(Br)ccc1F. The molecule has 1 atom stereocenters. The summed E-state index contributed by atoms with van der Waals surface area (Å²) in [4.78, 5) is 0. The monoisotopic (exact) mass is 327 g/mol. The fraction of sp³-hybridized carbons (Fsp3) is 0.625. The number of hydrogen-bond acceptors (Lipinski definition) is 1. The first-order chi connectivity index (χ1) is 8.87. The van der Waals surface area contributed by atoms with Crippen molar-refractivity contribution in [1.82, 2.24) is 5.32 Å². The van der Waals surface area contributed by atoms with Crippen molar-refractivity contribution in [3.8, 4) is 0 Å². The molecule has 0 spiro atoms. The van der Waals surface area contributed by atoms with Gasteiger partial charge in [0.25, 0.3) is 0 Å². The molecule has 1 unspecified atom stereocenters. The number of nitrogens with one attached hydrogen (secondary N) is 1.